The highest BCUT2D eigenvalue weighted by molar-refractivity contribution is 8.14. The lowest BCUT2D eigenvalue weighted by molar-refractivity contribution is 0.598. The van der Waals surface area contributed by atoms with E-state index in [1.807, 2.05) is 6.92 Å². The fraction of sp³-hybridized carbons (Fsp3) is 0.133. The van der Waals surface area contributed by atoms with E-state index in [1.54, 1.807) is 54.8 Å². The summed E-state index contributed by atoms with van der Waals surface area (Å²) in [4.78, 5) is 0.169. The molecule has 2 aromatic rings. The lowest BCUT2D eigenvalue weighted by atomic mass is 10.2. The summed E-state index contributed by atoms with van der Waals surface area (Å²) in [6, 6.07) is 13.5. The first-order chi connectivity index (χ1) is 10.4. The molecule has 116 valence electrons. The molecule has 0 saturated carbocycles. The maximum atomic E-state index is 12.3. The molecule has 1 N–H and O–H groups in total. The predicted octanol–water partition coefficient (Wildman–Crippen LogP) is 4.17. The third-order valence-electron chi connectivity index (χ3n) is 2.81. The van der Waals surface area contributed by atoms with Gasteiger partial charge in [0.25, 0.3) is 10.0 Å². The number of amidine groups is 1. The summed E-state index contributed by atoms with van der Waals surface area (Å²) >= 11 is 7.04. The number of aryl methyl sites for hydroxylation is 1. The van der Waals surface area contributed by atoms with Crippen molar-refractivity contribution in [2.24, 2.45) is 4.40 Å². The second kappa shape index (κ2) is 7.17. The molecule has 22 heavy (non-hydrogen) atoms. The van der Waals surface area contributed by atoms with Gasteiger partial charge in [0.05, 0.1) is 4.90 Å². The van der Waals surface area contributed by atoms with Gasteiger partial charge in [-0.1, -0.05) is 41.1 Å². The summed E-state index contributed by atoms with van der Waals surface area (Å²) in [6.07, 6.45) is 1.76. The molecule has 4 nitrogen and oxygen atoms in total. The zero-order chi connectivity index (χ0) is 16.2. The number of nitrogens with zero attached hydrogens (tertiary/aromatic N) is 1. The number of thioether (sulfide) groups is 1. The van der Waals surface area contributed by atoms with E-state index < -0.39 is 10.0 Å². The standard InChI is InChI=1S/C15H15ClN2O2S2/c1-11-3-9-14(10-4-11)22(19,20)18-15(21-2)17-13-7-5-12(16)6-8-13/h3-10H,1-2H3,(H,17,18). The van der Waals surface area contributed by atoms with Crippen molar-refractivity contribution in [3.8, 4) is 0 Å². The van der Waals surface area contributed by atoms with Crippen LogP contribution in [0.1, 0.15) is 5.56 Å². The van der Waals surface area contributed by atoms with Gasteiger partial charge in [0.2, 0.25) is 0 Å². The molecule has 0 unspecified atom stereocenters. The van der Waals surface area contributed by atoms with Gasteiger partial charge in [0, 0.05) is 10.7 Å². The van der Waals surface area contributed by atoms with Crippen molar-refractivity contribution in [2.45, 2.75) is 11.8 Å². The van der Waals surface area contributed by atoms with Crippen LogP contribution in [0.5, 0.6) is 0 Å². The maximum absolute atomic E-state index is 12.3. The van der Waals surface area contributed by atoms with Crippen molar-refractivity contribution in [3.63, 3.8) is 0 Å². The van der Waals surface area contributed by atoms with Crippen LogP contribution in [0.3, 0.4) is 0 Å². The Morgan fingerprint density at radius 2 is 1.68 bits per heavy atom. The molecule has 2 rings (SSSR count). The summed E-state index contributed by atoms with van der Waals surface area (Å²) < 4.78 is 28.4. The summed E-state index contributed by atoms with van der Waals surface area (Å²) in [5.74, 6) is 0. The van der Waals surface area contributed by atoms with E-state index >= 15 is 0 Å². The van der Waals surface area contributed by atoms with Gasteiger partial charge in [-0.05, 0) is 49.6 Å². The van der Waals surface area contributed by atoms with E-state index in [1.165, 1.54) is 11.8 Å². The number of anilines is 1. The monoisotopic (exact) mass is 354 g/mol. The second-order valence-corrected chi connectivity index (χ2v) is 7.36. The number of sulfonamides is 1. The Morgan fingerprint density at radius 3 is 2.23 bits per heavy atom. The van der Waals surface area contributed by atoms with Crippen LogP contribution in [-0.4, -0.2) is 19.8 Å². The summed E-state index contributed by atoms with van der Waals surface area (Å²) in [5, 5.41) is 3.87. The van der Waals surface area contributed by atoms with Crippen LogP contribution < -0.4 is 5.32 Å². The Balaban J connectivity index is 2.27. The number of nitrogens with one attached hydrogen (secondary N) is 1. The van der Waals surface area contributed by atoms with Crippen LogP contribution >= 0.6 is 23.4 Å². The molecule has 0 aliphatic rings. The zero-order valence-electron chi connectivity index (χ0n) is 12.1. The van der Waals surface area contributed by atoms with Crippen LogP contribution in [-0.2, 0) is 10.0 Å². The lowest BCUT2D eigenvalue weighted by Crippen LogP contribution is -2.11. The van der Waals surface area contributed by atoms with Crippen molar-refractivity contribution < 1.29 is 8.42 Å². The number of halogens is 1. The molecular weight excluding hydrogens is 340 g/mol. The number of hydrogen-bond donors (Lipinski definition) is 1. The fourth-order valence-electron chi connectivity index (χ4n) is 1.64. The van der Waals surface area contributed by atoms with Gasteiger partial charge in [-0.2, -0.15) is 8.42 Å². The van der Waals surface area contributed by atoms with Gasteiger partial charge in [0.1, 0.15) is 0 Å². The average Bonchev–Trinajstić information content (AvgIpc) is 2.49. The van der Waals surface area contributed by atoms with Gasteiger partial charge >= 0.3 is 0 Å². The molecule has 0 heterocycles. The van der Waals surface area contributed by atoms with E-state index in [0.29, 0.717) is 10.2 Å². The minimum atomic E-state index is -3.74. The van der Waals surface area contributed by atoms with Crippen LogP contribution in [0, 0.1) is 6.92 Å². The first-order valence-electron chi connectivity index (χ1n) is 6.39. The molecule has 0 saturated heterocycles. The highest BCUT2D eigenvalue weighted by Gasteiger charge is 2.14. The number of benzene rings is 2. The minimum Gasteiger partial charge on any atom is -0.334 e. The SMILES string of the molecule is CS/C(=N\S(=O)(=O)c1ccc(C)cc1)Nc1ccc(Cl)cc1. The number of hydrogen-bond acceptors (Lipinski definition) is 3. The largest absolute Gasteiger partial charge is 0.334 e. The van der Waals surface area contributed by atoms with Gasteiger partial charge in [-0.3, -0.25) is 0 Å². The molecule has 0 radical (unpaired) electrons. The van der Waals surface area contributed by atoms with Gasteiger partial charge in [-0.25, -0.2) is 0 Å². The third-order valence-corrected chi connectivity index (χ3v) is 5.05. The van der Waals surface area contributed by atoms with Crippen molar-refractivity contribution >= 4 is 44.2 Å². The van der Waals surface area contributed by atoms with Crippen LogP contribution in [0.15, 0.2) is 57.8 Å². The first-order valence-corrected chi connectivity index (χ1v) is 9.43. The zero-order valence-corrected chi connectivity index (χ0v) is 14.5. The minimum absolute atomic E-state index is 0.169. The van der Waals surface area contributed by atoms with E-state index in [0.717, 1.165) is 11.3 Å². The summed E-state index contributed by atoms with van der Waals surface area (Å²) in [5.41, 5.74) is 1.71. The molecule has 0 amide bonds. The van der Waals surface area contributed by atoms with E-state index in [9.17, 15) is 8.42 Å². The summed E-state index contributed by atoms with van der Waals surface area (Å²) in [7, 11) is -3.74. The van der Waals surface area contributed by atoms with Gasteiger partial charge in [0.15, 0.2) is 5.17 Å². The smallest absolute Gasteiger partial charge is 0.284 e. The van der Waals surface area contributed by atoms with E-state index in [-0.39, 0.29) is 4.90 Å². The Labute approximate surface area is 139 Å². The highest BCUT2D eigenvalue weighted by atomic mass is 35.5. The summed E-state index contributed by atoms with van der Waals surface area (Å²) in [6.45, 7) is 1.90. The molecule has 0 aliphatic heterocycles. The van der Waals surface area contributed by atoms with Crippen molar-refractivity contribution in [1.82, 2.24) is 0 Å². The Morgan fingerprint density at radius 1 is 1.09 bits per heavy atom. The molecule has 0 aliphatic carbocycles. The van der Waals surface area contributed by atoms with E-state index in [2.05, 4.69) is 9.71 Å². The molecule has 0 bridgehead atoms. The first kappa shape index (κ1) is 16.9. The molecular formula is C15H15ClN2O2S2. The van der Waals surface area contributed by atoms with Crippen molar-refractivity contribution in [3.05, 3.63) is 59.1 Å². The second-order valence-electron chi connectivity index (χ2n) is 4.52. The number of rotatable bonds is 3. The Bertz CT molecular complexity index is 770. The van der Waals surface area contributed by atoms with Crippen LogP contribution in [0.25, 0.3) is 0 Å². The average molecular weight is 355 g/mol. The maximum Gasteiger partial charge on any atom is 0.284 e. The van der Waals surface area contributed by atoms with Crippen molar-refractivity contribution in [2.75, 3.05) is 11.6 Å². The molecule has 0 spiro atoms. The highest BCUT2D eigenvalue weighted by Crippen LogP contribution is 2.18. The Kier molecular flexibility index (Phi) is 5.50. The molecule has 0 atom stereocenters. The molecule has 0 aromatic heterocycles. The van der Waals surface area contributed by atoms with Gasteiger partial charge in [-0.15, -0.1) is 4.40 Å². The third kappa shape index (κ3) is 4.50. The van der Waals surface area contributed by atoms with Crippen LogP contribution in [0.4, 0.5) is 5.69 Å². The fourth-order valence-corrected chi connectivity index (χ4v) is 3.43. The topological polar surface area (TPSA) is 58.5 Å². The predicted molar refractivity (Wildman–Crippen MR) is 94.4 cm³/mol. The quantitative estimate of drug-likeness (QED) is 0.664. The normalized spacial score (nSPS) is 12.2. The molecule has 0 fully saturated rings. The van der Waals surface area contributed by atoms with Crippen molar-refractivity contribution in [1.29, 1.82) is 0 Å². The molecule has 7 heteroatoms. The Hall–Kier alpha value is -1.50. The van der Waals surface area contributed by atoms with Gasteiger partial charge < -0.3 is 5.32 Å². The van der Waals surface area contributed by atoms with E-state index in [4.69, 9.17) is 11.6 Å². The van der Waals surface area contributed by atoms with Crippen LogP contribution in [0.2, 0.25) is 5.02 Å². The lowest BCUT2D eigenvalue weighted by Gasteiger charge is -2.08. The molecule has 2 aromatic carbocycles.